The molecule has 0 aromatic heterocycles. The molecule has 96 valence electrons. The molecule has 1 aliphatic carbocycles. The van der Waals surface area contributed by atoms with Crippen molar-refractivity contribution < 1.29 is 14.3 Å². The van der Waals surface area contributed by atoms with E-state index in [1.54, 1.807) is 7.11 Å². The lowest BCUT2D eigenvalue weighted by Gasteiger charge is -2.35. The van der Waals surface area contributed by atoms with Crippen molar-refractivity contribution in [3.63, 3.8) is 0 Å². The van der Waals surface area contributed by atoms with Gasteiger partial charge in [-0.25, -0.2) is 0 Å². The van der Waals surface area contributed by atoms with Crippen molar-refractivity contribution in [2.45, 2.75) is 37.5 Å². The number of rotatable bonds is 4. The molecule has 2 rings (SSSR count). The summed E-state index contributed by atoms with van der Waals surface area (Å²) in [7, 11) is 1.61. The maximum absolute atomic E-state index is 12.3. The quantitative estimate of drug-likeness (QED) is 0.767. The van der Waals surface area contributed by atoms with Gasteiger partial charge in [0.25, 0.3) is 0 Å². The molecule has 1 atom stereocenters. The van der Waals surface area contributed by atoms with Gasteiger partial charge in [-0.2, -0.15) is 0 Å². The van der Waals surface area contributed by atoms with Gasteiger partial charge in [0, 0.05) is 12.8 Å². The first-order valence-corrected chi connectivity index (χ1v) is 6.34. The number of hydrogen-bond acceptors (Lipinski definition) is 3. The lowest BCUT2D eigenvalue weighted by molar-refractivity contribution is -0.128. The van der Waals surface area contributed by atoms with Crippen LogP contribution in [0.4, 0.5) is 0 Å². The molecule has 0 N–H and O–H groups in total. The summed E-state index contributed by atoms with van der Waals surface area (Å²) in [4.78, 5) is 23.3. The number of ketones is 1. The molecule has 0 unspecified atom stereocenters. The molecule has 18 heavy (non-hydrogen) atoms. The van der Waals surface area contributed by atoms with E-state index >= 15 is 0 Å². The third kappa shape index (κ3) is 2.17. The Hall–Kier alpha value is -1.64. The fourth-order valence-electron chi connectivity index (χ4n) is 2.79. The van der Waals surface area contributed by atoms with Crippen molar-refractivity contribution in [1.29, 1.82) is 0 Å². The Labute approximate surface area is 107 Å². The van der Waals surface area contributed by atoms with Gasteiger partial charge in [-0.05, 0) is 30.5 Å². The smallest absolute Gasteiger partial charge is 0.143 e. The zero-order chi connectivity index (χ0) is 13.0. The third-order valence-electron chi connectivity index (χ3n) is 3.85. The average Bonchev–Trinajstić information content (AvgIpc) is 2.42. The Morgan fingerprint density at radius 1 is 1.39 bits per heavy atom. The third-order valence-corrected chi connectivity index (χ3v) is 3.85. The molecule has 3 heteroatoms. The van der Waals surface area contributed by atoms with E-state index in [1.165, 1.54) is 0 Å². The van der Waals surface area contributed by atoms with E-state index in [0.717, 1.165) is 36.9 Å². The molecule has 0 amide bonds. The van der Waals surface area contributed by atoms with Gasteiger partial charge < -0.3 is 9.53 Å². The standard InChI is InChI=1S/C15H18O3/c1-18-13-6-4-5-12(11-13)15(9-10-16)8-3-2-7-14(15)17/h4-6,10-11H,2-3,7-9H2,1H3/t15-/m0/s1. The summed E-state index contributed by atoms with van der Waals surface area (Å²) in [6.07, 6.45) is 4.41. The number of benzene rings is 1. The highest BCUT2D eigenvalue weighted by Gasteiger charge is 2.41. The molecule has 1 aliphatic rings. The molecule has 0 saturated heterocycles. The lowest BCUT2D eigenvalue weighted by atomic mass is 9.67. The van der Waals surface area contributed by atoms with E-state index in [1.807, 2.05) is 24.3 Å². The van der Waals surface area contributed by atoms with Crippen LogP contribution in [0.5, 0.6) is 5.75 Å². The first-order valence-electron chi connectivity index (χ1n) is 6.34. The molecule has 0 heterocycles. The summed E-state index contributed by atoms with van der Waals surface area (Å²) < 4.78 is 5.20. The summed E-state index contributed by atoms with van der Waals surface area (Å²) in [5.41, 5.74) is 0.299. The van der Waals surface area contributed by atoms with Crippen molar-refractivity contribution in [3.8, 4) is 5.75 Å². The van der Waals surface area contributed by atoms with Crippen LogP contribution < -0.4 is 4.74 Å². The van der Waals surface area contributed by atoms with Gasteiger partial charge in [0.2, 0.25) is 0 Å². The second kappa shape index (κ2) is 5.34. The first kappa shape index (κ1) is 12.8. The topological polar surface area (TPSA) is 43.4 Å². The van der Waals surface area contributed by atoms with Gasteiger partial charge in [-0.1, -0.05) is 18.6 Å². The van der Waals surface area contributed by atoms with Crippen LogP contribution in [-0.4, -0.2) is 19.2 Å². The molecule has 1 aromatic rings. The molecule has 3 nitrogen and oxygen atoms in total. The number of hydrogen-bond donors (Lipinski definition) is 0. The van der Waals surface area contributed by atoms with Crippen molar-refractivity contribution >= 4 is 12.1 Å². The Morgan fingerprint density at radius 3 is 2.89 bits per heavy atom. The zero-order valence-electron chi connectivity index (χ0n) is 10.6. The number of aldehydes is 1. The normalized spacial score (nSPS) is 23.7. The van der Waals surface area contributed by atoms with Crippen LogP contribution in [0.25, 0.3) is 0 Å². The van der Waals surface area contributed by atoms with Crippen LogP contribution in [0.3, 0.4) is 0 Å². The summed E-state index contributed by atoms with van der Waals surface area (Å²) in [5.74, 6) is 0.922. The summed E-state index contributed by atoms with van der Waals surface area (Å²) in [6, 6.07) is 7.54. The second-order valence-corrected chi connectivity index (χ2v) is 4.82. The summed E-state index contributed by atoms with van der Waals surface area (Å²) >= 11 is 0. The summed E-state index contributed by atoms with van der Waals surface area (Å²) in [6.45, 7) is 0. The van der Waals surface area contributed by atoms with Crippen LogP contribution >= 0.6 is 0 Å². The summed E-state index contributed by atoms with van der Waals surface area (Å²) in [5, 5.41) is 0. The molecule has 0 spiro atoms. The van der Waals surface area contributed by atoms with E-state index in [9.17, 15) is 9.59 Å². The highest BCUT2D eigenvalue weighted by Crippen LogP contribution is 2.40. The van der Waals surface area contributed by atoms with Crippen LogP contribution in [0, 0.1) is 0 Å². The van der Waals surface area contributed by atoms with Gasteiger partial charge in [0.15, 0.2) is 0 Å². The molecule has 0 aliphatic heterocycles. The first-order chi connectivity index (χ1) is 8.73. The molecule has 0 radical (unpaired) electrons. The van der Waals surface area contributed by atoms with Gasteiger partial charge in [0.05, 0.1) is 12.5 Å². The predicted octanol–water partition coefficient (Wildman–Crippen LogP) is 2.67. The van der Waals surface area contributed by atoms with E-state index in [2.05, 4.69) is 0 Å². The van der Waals surface area contributed by atoms with E-state index < -0.39 is 5.41 Å². The molecule has 1 fully saturated rings. The number of Topliss-reactive ketones (excluding diaryl/α,β-unsaturated/α-hetero) is 1. The molecule has 1 saturated carbocycles. The maximum atomic E-state index is 12.3. The number of ether oxygens (including phenoxy) is 1. The Balaban J connectivity index is 2.44. The molecular formula is C15H18O3. The van der Waals surface area contributed by atoms with E-state index in [4.69, 9.17) is 4.74 Å². The SMILES string of the molecule is COc1cccc([C@@]2(CC=O)CCCCC2=O)c1. The lowest BCUT2D eigenvalue weighted by Crippen LogP contribution is -2.39. The van der Waals surface area contributed by atoms with Crippen molar-refractivity contribution in [1.82, 2.24) is 0 Å². The van der Waals surface area contributed by atoms with Crippen LogP contribution in [-0.2, 0) is 15.0 Å². The predicted molar refractivity (Wildman–Crippen MR) is 68.8 cm³/mol. The van der Waals surface area contributed by atoms with E-state index in [0.29, 0.717) is 6.42 Å². The van der Waals surface area contributed by atoms with Gasteiger partial charge in [0.1, 0.15) is 17.8 Å². The van der Waals surface area contributed by atoms with Gasteiger partial charge in [-0.15, -0.1) is 0 Å². The van der Waals surface area contributed by atoms with Crippen LogP contribution in [0.2, 0.25) is 0 Å². The Morgan fingerprint density at radius 2 is 2.22 bits per heavy atom. The van der Waals surface area contributed by atoms with Crippen molar-refractivity contribution in [2.24, 2.45) is 0 Å². The van der Waals surface area contributed by atoms with Gasteiger partial charge in [-0.3, -0.25) is 4.79 Å². The zero-order valence-corrected chi connectivity index (χ0v) is 10.6. The van der Waals surface area contributed by atoms with Crippen LogP contribution in [0.15, 0.2) is 24.3 Å². The number of carbonyl (C=O) groups excluding carboxylic acids is 2. The van der Waals surface area contributed by atoms with Crippen LogP contribution in [0.1, 0.15) is 37.7 Å². The number of carbonyl (C=O) groups is 2. The van der Waals surface area contributed by atoms with E-state index in [-0.39, 0.29) is 12.2 Å². The van der Waals surface area contributed by atoms with Crippen molar-refractivity contribution in [2.75, 3.05) is 7.11 Å². The fraction of sp³-hybridized carbons (Fsp3) is 0.467. The number of methoxy groups -OCH3 is 1. The monoisotopic (exact) mass is 246 g/mol. The van der Waals surface area contributed by atoms with Crippen molar-refractivity contribution in [3.05, 3.63) is 29.8 Å². The molecule has 1 aromatic carbocycles. The Kier molecular flexibility index (Phi) is 3.80. The second-order valence-electron chi connectivity index (χ2n) is 4.82. The maximum Gasteiger partial charge on any atom is 0.143 e. The minimum Gasteiger partial charge on any atom is -0.497 e. The Bertz CT molecular complexity index is 453. The highest BCUT2D eigenvalue weighted by molar-refractivity contribution is 5.93. The van der Waals surface area contributed by atoms with Gasteiger partial charge >= 0.3 is 0 Å². The molecular weight excluding hydrogens is 228 g/mol. The molecule has 0 bridgehead atoms. The fourth-order valence-corrected chi connectivity index (χ4v) is 2.79. The minimum absolute atomic E-state index is 0.189. The average molecular weight is 246 g/mol. The minimum atomic E-state index is -0.617. The largest absolute Gasteiger partial charge is 0.497 e. The highest BCUT2D eigenvalue weighted by atomic mass is 16.5.